The number of nitrogen functional groups attached to an aromatic ring is 1. The molecule has 20 heavy (non-hydrogen) atoms. The van der Waals surface area contributed by atoms with Crippen LogP contribution in [0.4, 0.5) is 17.3 Å². The maximum absolute atomic E-state index is 10.8. The van der Waals surface area contributed by atoms with Crippen LogP contribution in [-0.4, -0.2) is 26.0 Å². The van der Waals surface area contributed by atoms with Crippen molar-refractivity contribution in [1.82, 2.24) is 14.5 Å². The van der Waals surface area contributed by atoms with Gasteiger partial charge in [0.1, 0.15) is 17.5 Å². The van der Waals surface area contributed by atoms with Crippen molar-refractivity contribution in [3.8, 4) is 0 Å². The molecule has 9 nitrogen and oxygen atoms in total. The third-order valence-electron chi connectivity index (χ3n) is 2.74. The normalized spacial score (nSPS) is 10.3. The molecule has 2 aromatic rings. The van der Waals surface area contributed by atoms with E-state index in [1.807, 2.05) is 17.8 Å². The first kappa shape index (κ1) is 13.7. The van der Waals surface area contributed by atoms with Gasteiger partial charge in [-0.05, 0) is 0 Å². The number of imidazole rings is 1. The minimum atomic E-state index is -0.494. The molecule has 0 aliphatic heterocycles. The smallest absolute Gasteiger partial charge is 0.276 e. The summed E-state index contributed by atoms with van der Waals surface area (Å²) in [5.41, 5.74) is 2.23. The van der Waals surface area contributed by atoms with Crippen molar-refractivity contribution in [1.29, 1.82) is 0 Å². The molecular formula is C11H15N7O2. The zero-order chi connectivity index (χ0) is 14.5. The number of hydrogen-bond donors (Lipinski definition) is 3. The number of nitrogens with zero attached hydrogens (tertiary/aromatic N) is 4. The van der Waals surface area contributed by atoms with Crippen LogP contribution in [0.2, 0.25) is 0 Å². The van der Waals surface area contributed by atoms with Gasteiger partial charge in [-0.1, -0.05) is 0 Å². The first-order chi connectivity index (χ1) is 9.60. The second kappa shape index (κ2) is 5.97. The summed E-state index contributed by atoms with van der Waals surface area (Å²) in [5.74, 6) is 6.78. The van der Waals surface area contributed by atoms with Crippen LogP contribution in [0.5, 0.6) is 0 Å². The van der Waals surface area contributed by atoms with E-state index in [0.29, 0.717) is 18.8 Å². The number of anilines is 2. The number of rotatable bonds is 6. The van der Waals surface area contributed by atoms with Crippen molar-refractivity contribution in [2.24, 2.45) is 12.9 Å². The molecular weight excluding hydrogens is 262 g/mol. The van der Waals surface area contributed by atoms with E-state index < -0.39 is 4.92 Å². The number of pyridine rings is 1. The Kier molecular flexibility index (Phi) is 4.11. The van der Waals surface area contributed by atoms with Crippen LogP contribution in [0.1, 0.15) is 5.82 Å². The van der Waals surface area contributed by atoms with Crippen LogP contribution in [0.3, 0.4) is 0 Å². The Balaban J connectivity index is 2.03. The molecule has 0 aliphatic carbocycles. The van der Waals surface area contributed by atoms with Gasteiger partial charge in [-0.15, -0.1) is 0 Å². The molecule has 9 heteroatoms. The van der Waals surface area contributed by atoms with E-state index in [-0.39, 0.29) is 11.5 Å². The Hall–Kier alpha value is -2.68. The van der Waals surface area contributed by atoms with E-state index in [0.717, 1.165) is 5.82 Å². The largest absolute Gasteiger partial charge is 0.369 e. The number of nitrogens with two attached hydrogens (primary N) is 1. The van der Waals surface area contributed by atoms with Gasteiger partial charge in [0.15, 0.2) is 0 Å². The molecule has 0 radical (unpaired) electrons. The SMILES string of the molecule is Cn1ccnc1CCNc1cc([N+](=O)[O-])cc(NN)n1. The lowest BCUT2D eigenvalue weighted by Crippen LogP contribution is -2.13. The molecule has 0 aromatic carbocycles. The van der Waals surface area contributed by atoms with Crippen molar-refractivity contribution in [2.45, 2.75) is 6.42 Å². The molecule has 0 spiro atoms. The Labute approximate surface area is 115 Å². The topological polar surface area (TPSA) is 124 Å². The Morgan fingerprint density at radius 1 is 1.45 bits per heavy atom. The molecule has 2 aromatic heterocycles. The number of aryl methyl sites for hydroxylation is 1. The number of nitro groups is 1. The molecule has 0 saturated heterocycles. The van der Waals surface area contributed by atoms with Gasteiger partial charge in [0.05, 0.1) is 17.1 Å². The van der Waals surface area contributed by atoms with Crippen molar-refractivity contribution in [3.05, 3.63) is 40.5 Å². The third-order valence-corrected chi connectivity index (χ3v) is 2.74. The quantitative estimate of drug-likeness (QED) is 0.402. The predicted octanol–water partition coefficient (Wildman–Crippen LogP) is 0.663. The van der Waals surface area contributed by atoms with Crippen LogP contribution >= 0.6 is 0 Å². The minimum Gasteiger partial charge on any atom is -0.369 e. The van der Waals surface area contributed by atoms with Gasteiger partial charge in [0, 0.05) is 32.4 Å². The standard InChI is InChI=1S/C11H15N7O2/c1-17-5-4-14-11(17)2-3-13-9-6-8(18(19)20)7-10(15-9)16-12/h4-7H,2-3,12H2,1H3,(H2,13,15,16). The molecule has 0 amide bonds. The summed E-state index contributed by atoms with van der Waals surface area (Å²) in [6.07, 6.45) is 4.26. The van der Waals surface area contributed by atoms with Crippen molar-refractivity contribution in [2.75, 3.05) is 17.3 Å². The van der Waals surface area contributed by atoms with Gasteiger partial charge in [0.2, 0.25) is 0 Å². The van der Waals surface area contributed by atoms with Crippen LogP contribution in [0.25, 0.3) is 0 Å². The zero-order valence-corrected chi connectivity index (χ0v) is 10.9. The highest BCUT2D eigenvalue weighted by Gasteiger charge is 2.10. The molecule has 2 heterocycles. The molecule has 0 atom stereocenters. The van der Waals surface area contributed by atoms with Crippen LogP contribution in [0, 0.1) is 10.1 Å². The summed E-state index contributed by atoms with van der Waals surface area (Å²) in [6.45, 7) is 0.559. The van der Waals surface area contributed by atoms with Gasteiger partial charge >= 0.3 is 0 Å². The number of aromatic nitrogens is 3. The summed E-state index contributed by atoms with van der Waals surface area (Å²) >= 11 is 0. The van der Waals surface area contributed by atoms with Gasteiger partial charge < -0.3 is 15.3 Å². The molecule has 4 N–H and O–H groups in total. The highest BCUT2D eigenvalue weighted by Crippen LogP contribution is 2.19. The van der Waals surface area contributed by atoms with Crippen molar-refractivity contribution in [3.63, 3.8) is 0 Å². The Morgan fingerprint density at radius 3 is 2.80 bits per heavy atom. The molecule has 0 bridgehead atoms. The van der Waals surface area contributed by atoms with Crippen LogP contribution in [0.15, 0.2) is 24.5 Å². The lowest BCUT2D eigenvalue weighted by Gasteiger charge is -2.07. The summed E-state index contributed by atoms with van der Waals surface area (Å²) < 4.78 is 1.91. The molecule has 0 saturated carbocycles. The maximum Gasteiger partial charge on any atom is 0.276 e. The average molecular weight is 277 g/mol. The summed E-state index contributed by atoms with van der Waals surface area (Å²) in [7, 11) is 1.91. The van der Waals surface area contributed by atoms with E-state index in [9.17, 15) is 10.1 Å². The van der Waals surface area contributed by atoms with E-state index in [1.165, 1.54) is 12.1 Å². The highest BCUT2D eigenvalue weighted by atomic mass is 16.6. The number of nitrogens with one attached hydrogen (secondary N) is 2. The summed E-state index contributed by atoms with van der Waals surface area (Å²) in [4.78, 5) is 18.6. The van der Waals surface area contributed by atoms with Crippen molar-refractivity contribution < 1.29 is 4.92 Å². The third kappa shape index (κ3) is 3.20. The van der Waals surface area contributed by atoms with E-state index >= 15 is 0 Å². The summed E-state index contributed by atoms with van der Waals surface area (Å²) in [6, 6.07) is 2.63. The minimum absolute atomic E-state index is 0.0764. The van der Waals surface area contributed by atoms with E-state index in [1.54, 1.807) is 6.20 Å². The fourth-order valence-electron chi connectivity index (χ4n) is 1.73. The first-order valence-corrected chi connectivity index (χ1v) is 5.93. The average Bonchev–Trinajstić information content (AvgIpc) is 2.84. The van der Waals surface area contributed by atoms with Crippen LogP contribution < -0.4 is 16.6 Å². The van der Waals surface area contributed by atoms with Gasteiger partial charge in [-0.25, -0.2) is 15.8 Å². The Bertz CT molecular complexity index is 611. The molecule has 106 valence electrons. The summed E-state index contributed by atoms with van der Waals surface area (Å²) in [5, 5.41) is 13.8. The molecule has 0 unspecified atom stereocenters. The molecule has 2 rings (SSSR count). The lowest BCUT2D eigenvalue weighted by molar-refractivity contribution is -0.384. The zero-order valence-electron chi connectivity index (χ0n) is 10.9. The number of hydrogen-bond acceptors (Lipinski definition) is 7. The van der Waals surface area contributed by atoms with E-state index in [2.05, 4.69) is 20.7 Å². The molecule has 0 aliphatic rings. The number of hydrazine groups is 1. The van der Waals surface area contributed by atoms with Crippen LogP contribution in [-0.2, 0) is 13.5 Å². The van der Waals surface area contributed by atoms with Crippen molar-refractivity contribution >= 4 is 17.3 Å². The Morgan fingerprint density at radius 2 is 2.20 bits per heavy atom. The fraction of sp³-hybridized carbons (Fsp3) is 0.273. The van der Waals surface area contributed by atoms with E-state index in [4.69, 9.17) is 5.84 Å². The predicted molar refractivity (Wildman–Crippen MR) is 74.1 cm³/mol. The van der Waals surface area contributed by atoms with Gasteiger partial charge in [-0.3, -0.25) is 10.1 Å². The van der Waals surface area contributed by atoms with Gasteiger partial charge in [-0.2, -0.15) is 0 Å². The monoisotopic (exact) mass is 277 g/mol. The maximum atomic E-state index is 10.8. The second-order valence-electron chi connectivity index (χ2n) is 4.13. The lowest BCUT2D eigenvalue weighted by atomic mass is 10.3. The molecule has 0 fully saturated rings. The second-order valence-corrected chi connectivity index (χ2v) is 4.13. The van der Waals surface area contributed by atoms with Gasteiger partial charge in [0.25, 0.3) is 5.69 Å². The fourth-order valence-corrected chi connectivity index (χ4v) is 1.73. The first-order valence-electron chi connectivity index (χ1n) is 5.93. The highest BCUT2D eigenvalue weighted by molar-refractivity contribution is 5.54.